The lowest BCUT2D eigenvalue weighted by atomic mass is 9.94. The topological polar surface area (TPSA) is 76.5 Å². The van der Waals surface area contributed by atoms with E-state index in [4.69, 9.17) is 0 Å². The number of hydrogen-bond acceptors (Lipinski definition) is 4. The first-order valence-electron chi connectivity index (χ1n) is 11.1. The fraction of sp³-hybridized carbons (Fsp3) is 0.185. The fourth-order valence-corrected chi connectivity index (χ4v) is 5.35. The molecule has 6 nitrogen and oxygen atoms in total. The van der Waals surface area contributed by atoms with Crippen molar-refractivity contribution in [3.63, 3.8) is 0 Å². The molecule has 0 aliphatic carbocycles. The summed E-state index contributed by atoms with van der Waals surface area (Å²) < 4.78 is 28.3. The summed E-state index contributed by atoms with van der Waals surface area (Å²) in [7, 11) is -0.617. The molecule has 0 spiro atoms. The standard InChI is InChI=1S/C27H25BrN2O4S/c1-4-24(31)26-25(19-8-6-5-7-9-19)23-16-20(28)12-15-22(23)27(32)30(26)17-18-10-13-21(14-11-18)35(33,34)29(2)3/h5-16H,4,17H2,1-3H3. The van der Waals surface area contributed by atoms with Crippen LogP contribution in [-0.4, -0.2) is 37.2 Å². The number of rotatable bonds is 7. The monoisotopic (exact) mass is 552 g/mol. The highest BCUT2D eigenvalue weighted by atomic mass is 79.9. The Morgan fingerprint density at radius 2 is 1.60 bits per heavy atom. The van der Waals surface area contributed by atoms with Gasteiger partial charge in [0.15, 0.2) is 5.78 Å². The lowest BCUT2D eigenvalue weighted by molar-refractivity contribution is 0.0979. The first-order chi connectivity index (χ1) is 16.6. The van der Waals surface area contributed by atoms with Crippen LogP contribution in [0.5, 0.6) is 0 Å². The molecule has 35 heavy (non-hydrogen) atoms. The molecule has 0 aliphatic rings. The molecule has 0 saturated heterocycles. The summed E-state index contributed by atoms with van der Waals surface area (Å²) in [6, 6.07) is 21.4. The molecule has 0 saturated carbocycles. The molecule has 0 aliphatic heterocycles. The third-order valence-electron chi connectivity index (χ3n) is 5.92. The van der Waals surface area contributed by atoms with E-state index in [1.54, 1.807) is 25.1 Å². The van der Waals surface area contributed by atoms with E-state index in [1.807, 2.05) is 42.5 Å². The van der Waals surface area contributed by atoms with Gasteiger partial charge in [-0.15, -0.1) is 0 Å². The number of benzene rings is 3. The normalized spacial score (nSPS) is 11.8. The predicted octanol–water partition coefficient (Wildman–Crippen LogP) is 5.32. The van der Waals surface area contributed by atoms with Crippen molar-refractivity contribution >= 4 is 42.5 Å². The second-order valence-corrected chi connectivity index (χ2v) is 11.4. The third kappa shape index (κ3) is 4.74. The van der Waals surface area contributed by atoms with Gasteiger partial charge < -0.3 is 0 Å². The first kappa shape index (κ1) is 25.0. The largest absolute Gasteiger partial charge is 0.300 e. The van der Waals surface area contributed by atoms with Crippen LogP contribution in [0, 0.1) is 0 Å². The summed E-state index contributed by atoms with van der Waals surface area (Å²) in [6.07, 6.45) is 0.235. The molecule has 8 heteroatoms. The molecule has 0 amide bonds. The van der Waals surface area contributed by atoms with E-state index in [2.05, 4.69) is 15.9 Å². The number of aromatic nitrogens is 1. The van der Waals surface area contributed by atoms with E-state index in [9.17, 15) is 18.0 Å². The van der Waals surface area contributed by atoms with E-state index in [0.717, 1.165) is 14.3 Å². The Bertz CT molecular complexity index is 1580. The number of sulfonamides is 1. The summed E-state index contributed by atoms with van der Waals surface area (Å²) in [4.78, 5) is 27.1. The van der Waals surface area contributed by atoms with Crippen LogP contribution in [0.4, 0.5) is 0 Å². The summed E-state index contributed by atoms with van der Waals surface area (Å²) >= 11 is 3.50. The molecule has 1 heterocycles. The van der Waals surface area contributed by atoms with Gasteiger partial charge in [0.25, 0.3) is 5.56 Å². The van der Waals surface area contributed by atoms with Crippen LogP contribution in [-0.2, 0) is 16.6 Å². The van der Waals surface area contributed by atoms with Crippen molar-refractivity contribution in [1.82, 2.24) is 8.87 Å². The van der Waals surface area contributed by atoms with Crippen LogP contribution >= 0.6 is 15.9 Å². The number of carbonyl (C=O) groups excluding carboxylic acids is 1. The van der Waals surface area contributed by atoms with E-state index < -0.39 is 10.0 Å². The van der Waals surface area contributed by atoms with E-state index in [0.29, 0.717) is 27.6 Å². The van der Waals surface area contributed by atoms with Crippen molar-refractivity contribution < 1.29 is 13.2 Å². The molecule has 4 rings (SSSR count). The van der Waals surface area contributed by atoms with Gasteiger partial charge >= 0.3 is 0 Å². The average Bonchev–Trinajstić information content (AvgIpc) is 2.85. The summed E-state index contributed by atoms with van der Waals surface area (Å²) in [5.74, 6) is -0.144. The first-order valence-corrected chi connectivity index (χ1v) is 13.3. The molecular weight excluding hydrogens is 528 g/mol. The highest BCUT2D eigenvalue weighted by Gasteiger charge is 2.23. The van der Waals surface area contributed by atoms with Gasteiger partial charge in [0, 0.05) is 35.9 Å². The Kier molecular flexibility index (Phi) is 7.07. The van der Waals surface area contributed by atoms with Crippen LogP contribution in [0.1, 0.15) is 29.4 Å². The zero-order valence-electron chi connectivity index (χ0n) is 19.7. The molecule has 0 atom stereocenters. The summed E-state index contributed by atoms with van der Waals surface area (Å²) in [6.45, 7) is 1.91. The maximum Gasteiger partial charge on any atom is 0.259 e. The molecule has 0 unspecified atom stereocenters. The maximum atomic E-state index is 13.7. The minimum Gasteiger partial charge on any atom is -0.300 e. The predicted molar refractivity (Wildman–Crippen MR) is 142 cm³/mol. The van der Waals surface area contributed by atoms with Crippen LogP contribution < -0.4 is 5.56 Å². The molecule has 1 aromatic heterocycles. The third-order valence-corrected chi connectivity index (χ3v) is 8.25. The average molecular weight is 553 g/mol. The Labute approximate surface area is 213 Å². The minimum absolute atomic E-state index is 0.133. The molecule has 3 aromatic carbocycles. The van der Waals surface area contributed by atoms with Gasteiger partial charge in [0.2, 0.25) is 10.0 Å². The van der Waals surface area contributed by atoms with Crippen molar-refractivity contribution in [3.05, 3.63) is 98.9 Å². The van der Waals surface area contributed by atoms with Gasteiger partial charge in [0.05, 0.1) is 17.1 Å². The lowest BCUT2D eigenvalue weighted by Crippen LogP contribution is -2.28. The van der Waals surface area contributed by atoms with Crippen LogP contribution in [0.3, 0.4) is 0 Å². The Morgan fingerprint density at radius 1 is 0.943 bits per heavy atom. The van der Waals surface area contributed by atoms with Crippen molar-refractivity contribution in [2.45, 2.75) is 24.8 Å². The van der Waals surface area contributed by atoms with Crippen molar-refractivity contribution in [2.75, 3.05) is 14.1 Å². The second-order valence-electron chi connectivity index (χ2n) is 8.38. The number of Topliss-reactive ketones (excluding diaryl/α,β-unsaturated/α-hetero) is 1. The number of pyridine rings is 1. The lowest BCUT2D eigenvalue weighted by Gasteiger charge is -2.20. The molecule has 180 valence electrons. The van der Waals surface area contributed by atoms with Gasteiger partial charge in [-0.3, -0.25) is 14.2 Å². The fourth-order valence-electron chi connectivity index (χ4n) is 4.08. The SMILES string of the molecule is CCC(=O)c1c(-c2ccccc2)c2cc(Br)ccc2c(=O)n1Cc1ccc(S(=O)(=O)N(C)C)cc1. The van der Waals surface area contributed by atoms with Crippen molar-refractivity contribution in [2.24, 2.45) is 0 Å². The molecule has 0 fully saturated rings. The summed E-state index contributed by atoms with van der Waals surface area (Å²) in [5.41, 5.74) is 2.34. The quantitative estimate of drug-likeness (QED) is 0.290. The molecule has 0 radical (unpaired) electrons. The van der Waals surface area contributed by atoms with Crippen LogP contribution in [0.15, 0.2) is 87.0 Å². The minimum atomic E-state index is -3.57. The zero-order chi connectivity index (χ0) is 25.3. The van der Waals surface area contributed by atoms with Crippen molar-refractivity contribution in [3.8, 4) is 11.1 Å². The zero-order valence-corrected chi connectivity index (χ0v) is 22.1. The second kappa shape index (κ2) is 9.89. The Hall–Kier alpha value is -3.07. The molecular formula is C27H25BrN2O4S. The number of nitrogens with zero attached hydrogens (tertiary/aromatic N) is 2. The smallest absolute Gasteiger partial charge is 0.259 e. The van der Waals surface area contributed by atoms with Gasteiger partial charge in [0.1, 0.15) is 0 Å². The number of halogens is 1. The number of hydrogen-bond donors (Lipinski definition) is 0. The van der Waals surface area contributed by atoms with Crippen molar-refractivity contribution in [1.29, 1.82) is 0 Å². The Morgan fingerprint density at radius 3 is 2.20 bits per heavy atom. The maximum absolute atomic E-state index is 13.7. The number of ketones is 1. The highest BCUT2D eigenvalue weighted by Crippen LogP contribution is 2.33. The number of carbonyl (C=O) groups is 1. The molecule has 0 bridgehead atoms. The van der Waals surface area contributed by atoms with Gasteiger partial charge in [-0.2, -0.15) is 0 Å². The molecule has 0 N–H and O–H groups in total. The van der Waals surface area contributed by atoms with E-state index in [1.165, 1.54) is 30.8 Å². The number of fused-ring (bicyclic) bond motifs is 1. The highest BCUT2D eigenvalue weighted by molar-refractivity contribution is 9.10. The summed E-state index contributed by atoms with van der Waals surface area (Å²) in [5, 5.41) is 1.21. The Balaban J connectivity index is 1.98. The van der Waals surface area contributed by atoms with Crippen LogP contribution in [0.2, 0.25) is 0 Å². The molecule has 4 aromatic rings. The van der Waals surface area contributed by atoms with Gasteiger partial charge in [-0.1, -0.05) is 65.3 Å². The van der Waals surface area contributed by atoms with Gasteiger partial charge in [-0.25, -0.2) is 12.7 Å². The van der Waals surface area contributed by atoms with E-state index in [-0.39, 0.29) is 29.2 Å². The van der Waals surface area contributed by atoms with Gasteiger partial charge in [-0.05, 0) is 46.8 Å². The van der Waals surface area contributed by atoms with Crippen LogP contribution in [0.25, 0.3) is 21.9 Å². The van der Waals surface area contributed by atoms with E-state index >= 15 is 0 Å².